The first-order valence-electron chi connectivity index (χ1n) is 18.4. The van der Waals surface area contributed by atoms with Gasteiger partial charge in [0.25, 0.3) is 0 Å². The molecule has 2 aromatic rings. The second-order valence-corrected chi connectivity index (χ2v) is 13.4. The summed E-state index contributed by atoms with van der Waals surface area (Å²) in [6.07, 6.45) is 31.7. The van der Waals surface area contributed by atoms with Crippen molar-refractivity contribution in [2.24, 2.45) is 0 Å². The molecule has 0 atom stereocenters. The van der Waals surface area contributed by atoms with E-state index in [0.29, 0.717) is 11.5 Å². The number of ether oxygens (including phenoxy) is 2. The summed E-state index contributed by atoms with van der Waals surface area (Å²) in [5, 5.41) is 21.4. The van der Waals surface area contributed by atoms with Crippen LogP contribution < -0.4 is 9.47 Å². The molecule has 0 spiro atoms. The molecule has 0 heterocycles. The minimum Gasteiger partial charge on any atom is -0.508 e. The van der Waals surface area contributed by atoms with Gasteiger partial charge in [0.2, 0.25) is 0 Å². The van der Waals surface area contributed by atoms with Crippen molar-refractivity contribution in [1.29, 1.82) is 0 Å². The Morgan fingerprint density at radius 2 is 0.568 bits per heavy atom. The van der Waals surface area contributed by atoms with Crippen molar-refractivity contribution in [3.8, 4) is 23.0 Å². The molecule has 0 unspecified atom stereocenters. The lowest BCUT2D eigenvalue weighted by molar-refractivity contribution is 0.403. The SMILES string of the molecule is COc1cc2c(O)cc1CCCCCCCCCCCCCc1cc(OC)c(cc1O)CCCCCCCCCCCCC2. The van der Waals surface area contributed by atoms with Crippen molar-refractivity contribution in [2.75, 3.05) is 14.2 Å². The third-order valence-electron chi connectivity index (χ3n) is 9.75. The fourth-order valence-corrected chi connectivity index (χ4v) is 6.92. The first kappa shape index (κ1) is 36.1. The lowest BCUT2D eigenvalue weighted by Crippen LogP contribution is -1.97. The number of hydrogen-bond donors (Lipinski definition) is 2. The maximum Gasteiger partial charge on any atom is 0.122 e. The molecule has 4 aliphatic carbocycles. The predicted molar refractivity (Wildman–Crippen MR) is 186 cm³/mol. The Morgan fingerprint density at radius 1 is 0.341 bits per heavy atom. The molecule has 0 aliphatic heterocycles. The van der Waals surface area contributed by atoms with Gasteiger partial charge < -0.3 is 19.7 Å². The highest BCUT2D eigenvalue weighted by molar-refractivity contribution is 5.47. The van der Waals surface area contributed by atoms with E-state index >= 15 is 0 Å². The zero-order valence-electron chi connectivity index (χ0n) is 28.4. The van der Waals surface area contributed by atoms with Gasteiger partial charge in [-0.1, -0.05) is 116 Å². The van der Waals surface area contributed by atoms with Gasteiger partial charge in [-0.3, -0.25) is 0 Å². The maximum atomic E-state index is 10.7. The number of aromatic hydroxyl groups is 2. The van der Waals surface area contributed by atoms with Crippen LogP contribution in [-0.4, -0.2) is 24.4 Å². The van der Waals surface area contributed by atoms with Gasteiger partial charge in [-0.25, -0.2) is 0 Å². The molecular formula is C40H64O4. The van der Waals surface area contributed by atoms with Gasteiger partial charge in [-0.2, -0.15) is 0 Å². The fourth-order valence-electron chi connectivity index (χ4n) is 6.92. The number of aryl methyl sites for hydroxylation is 4. The summed E-state index contributed by atoms with van der Waals surface area (Å²) in [7, 11) is 3.52. The van der Waals surface area contributed by atoms with Crippen LogP contribution in [-0.2, 0) is 25.7 Å². The molecule has 4 aliphatic rings. The minimum atomic E-state index is 0.452. The van der Waals surface area contributed by atoms with Crippen molar-refractivity contribution in [1.82, 2.24) is 0 Å². The summed E-state index contributed by atoms with van der Waals surface area (Å²) in [6.45, 7) is 0. The van der Waals surface area contributed by atoms with Crippen molar-refractivity contribution in [3.63, 3.8) is 0 Å². The van der Waals surface area contributed by atoms with Crippen LogP contribution in [0.3, 0.4) is 0 Å². The van der Waals surface area contributed by atoms with Crippen LogP contribution in [0.15, 0.2) is 24.3 Å². The zero-order chi connectivity index (χ0) is 31.2. The third-order valence-corrected chi connectivity index (χ3v) is 9.75. The van der Waals surface area contributed by atoms with Crippen LogP contribution >= 0.6 is 0 Å². The molecule has 0 radical (unpaired) electrons. The van der Waals surface area contributed by atoms with E-state index in [1.165, 1.54) is 116 Å². The first-order chi connectivity index (χ1) is 21.6. The molecule has 4 heteroatoms. The predicted octanol–water partition coefficient (Wildman–Crippen LogP) is 11.6. The molecule has 248 valence electrons. The number of rotatable bonds is 2. The number of phenolic OH excluding ortho intramolecular Hbond substituents is 2. The van der Waals surface area contributed by atoms with E-state index < -0.39 is 0 Å². The van der Waals surface area contributed by atoms with Crippen molar-refractivity contribution in [3.05, 3.63) is 46.5 Å². The molecule has 6 rings (SSSR count). The average molecular weight is 609 g/mol. The van der Waals surface area contributed by atoms with E-state index in [4.69, 9.17) is 9.47 Å². The molecule has 4 nitrogen and oxygen atoms in total. The summed E-state index contributed by atoms with van der Waals surface area (Å²) in [4.78, 5) is 0. The summed E-state index contributed by atoms with van der Waals surface area (Å²) >= 11 is 0. The van der Waals surface area contributed by atoms with Gasteiger partial charge >= 0.3 is 0 Å². The second kappa shape index (κ2) is 22.2. The number of benzene rings is 2. The molecule has 0 saturated carbocycles. The van der Waals surface area contributed by atoms with Crippen LogP contribution in [0.4, 0.5) is 0 Å². The Hall–Kier alpha value is -2.36. The standard InChI is InChI=1S/C40H64O4/c1-43-39-31-33-25-21-17-13-9-5-4-8-12-16-20-24-28-36-30-38(42)34(32-40(36)44-2)26-22-18-14-10-6-3-7-11-15-19-23-27-35(39)29-37(33)41/h29-32,41-42H,3-28H2,1-2H3. The molecule has 0 fully saturated rings. The van der Waals surface area contributed by atoms with Crippen LogP contribution in [0.1, 0.15) is 164 Å². The highest BCUT2D eigenvalue weighted by Crippen LogP contribution is 2.32. The van der Waals surface area contributed by atoms with E-state index in [0.717, 1.165) is 85.1 Å². The molecule has 0 saturated heterocycles. The Balaban J connectivity index is 1.45. The lowest BCUT2D eigenvalue weighted by atomic mass is 9.98. The Labute approximate surface area is 270 Å². The smallest absolute Gasteiger partial charge is 0.122 e. The van der Waals surface area contributed by atoms with Gasteiger partial charge in [0.05, 0.1) is 14.2 Å². The number of phenols is 2. The zero-order valence-corrected chi connectivity index (χ0v) is 28.4. The topological polar surface area (TPSA) is 58.9 Å². The summed E-state index contributed by atoms with van der Waals surface area (Å²) in [5.74, 6) is 2.80. The number of methoxy groups -OCH3 is 2. The van der Waals surface area contributed by atoms with Gasteiger partial charge in [-0.15, -0.1) is 0 Å². The number of hydrogen-bond acceptors (Lipinski definition) is 4. The molecule has 0 aromatic heterocycles. The van der Waals surface area contributed by atoms with Gasteiger partial charge in [-0.05, 0) is 97.9 Å². The van der Waals surface area contributed by atoms with Crippen LogP contribution in [0, 0.1) is 0 Å². The summed E-state index contributed by atoms with van der Waals surface area (Å²) in [5.41, 5.74) is 4.37. The minimum absolute atomic E-state index is 0.452. The molecule has 0 amide bonds. The average Bonchev–Trinajstić information content (AvgIpc) is 3.02. The van der Waals surface area contributed by atoms with Crippen LogP contribution in [0.25, 0.3) is 0 Å². The van der Waals surface area contributed by atoms with E-state index in [2.05, 4.69) is 12.1 Å². The van der Waals surface area contributed by atoms with E-state index in [1.54, 1.807) is 14.2 Å². The molecular weight excluding hydrogens is 544 g/mol. The second-order valence-electron chi connectivity index (χ2n) is 13.4. The lowest BCUT2D eigenvalue weighted by Gasteiger charge is -2.13. The van der Waals surface area contributed by atoms with E-state index in [-0.39, 0.29) is 0 Å². The quantitative estimate of drug-likeness (QED) is 0.356. The van der Waals surface area contributed by atoms with Gasteiger partial charge in [0.15, 0.2) is 0 Å². The fraction of sp³-hybridized carbons (Fsp3) is 0.700. The maximum absolute atomic E-state index is 10.7. The van der Waals surface area contributed by atoms with E-state index in [1.807, 2.05) is 12.1 Å². The van der Waals surface area contributed by atoms with E-state index in [9.17, 15) is 10.2 Å². The largest absolute Gasteiger partial charge is 0.508 e. The van der Waals surface area contributed by atoms with Crippen LogP contribution in [0.2, 0.25) is 0 Å². The Morgan fingerprint density at radius 3 is 0.818 bits per heavy atom. The third kappa shape index (κ3) is 13.7. The Bertz CT molecular complexity index is 963. The van der Waals surface area contributed by atoms with Gasteiger partial charge in [0.1, 0.15) is 23.0 Å². The van der Waals surface area contributed by atoms with Gasteiger partial charge in [0, 0.05) is 0 Å². The van der Waals surface area contributed by atoms with Crippen LogP contribution in [0.5, 0.6) is 23.0 Å². The first-order valence-corrected chi connectivity index (χ1v) is 18.4. The monoisotopic (exact) mass is 608 g/mol. The highest BCUT2D eigenvalue weighted by atomic mass is 16.5. The molecule has 44 heavy (non-hydrogen) atoms. The highest BCUT2D eigenvalue weighted by Gasteiger charge is 2.12. The van der Waals surface area contributed by atoms with Crippen molar-refractivity contribution < 1.29 is 19.7 Å². The normalized spacial score (nSPS) is 18.8. The molecule has 2 aromatic carbocycles. The summed E-state index contributed by atoms with van der Waals surface area (Å²) < 4.78 is 11.4. The Kier molecular flexibility index (Phi) is 18.2. The van der Waals surface area contributed by atoms with Crippen molar-refractivity contribution in [2.45, 2.75) is 167 Å². The molecule has 2 N–H and O–H groups in total. The molecule has 4 bridgehead atoms. The summed E-state index contributed by atoms with van der Waals surface area (Å²) in [6, 6.07) is 8.11. The van der Waals surface area contributed by atoms with Crippen molar-refractivity contribution >= 4 is 0 Å².